The summed E-state index contributed by atoms with van der Waals surface area (Å²) in [4.78, 5) is 11.4. The molecule has 0 aliphatic carbocycles. The van der Waals surface area contributed by atoms with Gasteiger partial charge in [0, 0.05) is 12.1 Å². The van der Waals surface area contributed by atoms with Crippen LogP contribution in [0, 0.1) is 13.8 Å². The Kier molecular flexibility index (Phi) is 3.86. The number of anilines is 2. The third kappa shape index (κ3) is 3.01. The Balaban J connectivity index is 1.96. The van der Waals surface area contributed by atoms with Crippen molar-refractivity contribution in [1.29, 1.82) is 0 Å². The number of rotatable bonds is 3. The average molecular weight is 341 g/mol. The Morgan fingerprint density at radius 2 is 2.08 bits per heavy atom. The van der Waals surface area contributed by atoms with Crippen LogP contribution in [0.5, 0.6) is 5.75 Å². The molecule has 0 atom stereocenters. The average Bonchev–Trinajstić information content (AvgIpc) is 2.82. The molecule has 0 radical (unpaired) electrons. The number of alkyl halides is 3. The monoisotopic (exact) mass is 341 g/mol. The van der Waals surface area contributed by atoms with Crippen molar-refractivity contribution < 1.29 is 27.2 Å². The molecule has 0 bridgehead atoms. The fraction of sp³-hybridized carbons (Fsp3) is 0.333. The fourth-order valence-corrected chi connectivity index (χ4v) is 2.43. The van der Waals surface area contributed by atoms with Crippen LogP contribution in [0.25, 0.3) is 0 Å². The molecule has 1 aromatic heterocycles. The second kappa shape index (κ2) is 5.73. The SMILES string of the molecule is Cc1noc(C)c1CNc1cc(C(F)(F)F)cc2c1OCC(=O)N2. The molecule has 0 saturated carbocycles. The first-order valence-corrected chi connectivity index (χ1v) is 7.09. The van der Waals surface area contributed by atoms with Crippen molar-refractivity contribution >= 4 is 17.3 Å². The maximum atomic E-state index is 13.1. The van der Waals surface area contributed by atoms with E-state index in [1.807, 2.05) is 0 Å². The van der Waals surface area contributed by atoms with Crippen LogP contribution in [0.1, 0.15) is 22.6 Å². The third-order valence-electron chi connectivity index (χ3n) is 3.67. The van der Waals surface area contributed by atoms with Crippen molar-refractivity contribution in [2.45, 2.75) is 26.6 Å². The van der Waals surface area contributed by atoms with E-state index in [-0.39, 0.29) is 30.3 Å². The molecule has 1 amide bonds. The van der Waals surface area contributed by atoms with E-state index in [4.69, 9.17) is 9.26 Å². The molecule has 1 aromatic carbocycles. The van der Waals surface area contributed by atoms with Crippen LogP contribution in [0.4, 0.5) is 24.5 Å². The fourth-order valence-electron chi connectivity index (χ4n) is 2.43. The van der Waals surface area contributed by atoms with Crippen LogP contribution in [-0.4, -0.2) is 17.7 Å². The van der Waals surface area contributed by atoms with Crippen molar-refractivity contribution in [1.82, 2.24) is 5.16 Å². The summed E-state index contributed by atoms with van der Waals surface area (Å²) in [7, 11) is 0. The van der Waals surface area contributed by atoms with E-state index in [1.54, 1.807) is 13.8 Å². The second-order valence-corrected chi connectivity index (χ2v) is 5.39. The van der Waals surface area contributed by atoms with Gasteiger partial charge < -0.3 is 19.9 Å². The predicted octanol–water partition coefficient (Wildman–Crippen LogP) is 3.25. The van der Waals surface area contributed by atoms with Crippen LogP contribution < -0.4 is 15.4 Å². The highest BCUT2D eigenvalue weighted by Gasteiger charge is 2.34. The minimum Gasteiger partial charge on any atom is -0.479 e. The predicted molar refractivity (Wildman–Crippen MR) is 78.9 cm³/mol. The van der Waals surface area contributed by atoms with Crippen molar-refractivity contribution in [3.8, 4) is 5.75 Å². The standard InChI is InChI=1S/C15H14F3N3O3/c1-7-10(8(2)24-21-7)5-19-11-3-9(15(16,17)18)4-12-14(11)23-6-13(22)20-12/h3-4,19H,5-6H2,1-2H3,(H,20,22). The number of carbonyl (C=O) groups excluding carboxylic acids is 1. The Hall–Kier alpha value is -2.71. The van der Waals surface area contributed by atoms with E-state index in [0.717, 1.165) is 17.7 Å². The molecule has 0 spiro atoms. The van der Waals surface area contributed by atoms with Gasteiger partial charge in [0.2, 0.25) is 0 Å². The van der Waals surface area contributed by atoms with Gasteiger partial charge in [-0.2, -0.15) is 13.2 Å². The van der Waals surface area contributed by atoms with Crippen molar-refractivity contribution in [2.75, 3.05) is 17.2 Å². The maximum absolute atomic E-state index is 13.1. The summed E-state index contributed by atoms with van der Waals surface area (Å²) in [6.45, 7) is 3.42. The smallest absolute Gasteiger partial charge is 0.416 e. The number of amides is 1. The number of carbonyl (C=O) groups is 1. The summed E-state index contributed by atoms with van der Waals surface area (Å²) in [5.74, 6) is 0.253. The summed E-state index contributed by atoms with van der Waals surface area (Å²) in [6, 6.07) is 1.81. The molecule has 2 heterocycles. The molecule has 3 rings (SSSR count). The Morgan fingerprint density at radius 1 is 1.33 bits per heavy atom. The third-order valence-corrected chi connectivity index (χ3v) is 3.67. The van der Waals surface area contributed by atoms with E-state index in [2.05, 4.69) is 15.8 Å². The lowest BCUT2D eigenvalue weighted by atomic mass is 10.1. The second-order valence-electron chi connectivity index (χ2n) is 5.39. The Labute approximate surface area is 135 Å². The number of aryl methyl sites for hydroxylation is 2. The van der Waals surface area contributed by atoms with Gasteiger partial charge in [0.05, 0.1) is 22.6 Å². The summed E-state index contributed by atoms with van der Waals surface area (Å²) in [6.07, 6.45) is -4.54. The Morgan fingerprint density at radius 3 is 2.71 bits per heavy atom. The van der Waals surface area contributed by atoms with Crippen molar-refractivity contribution in [3.05, 3.63) is 34.7 Å². The molecule has 1 aliphatic rings. The zero-order chi connectivity index (χ0) is 17.5. The number of fused-ring (bicyclic) bond motifs is 1. The minimum absolute atomic E-state index is 0.0117. The molecule has 0 unspecified atom stereocenters. The molecule has 2 N–H and O–H groups in total. The maximum Gasteiger partial charge on any atom is 0.416 e. The van der Waals surface area contributed by atoms with Gasteiger partial charge in [-0.1, -0.05) is 5.16 Å². The van der Waals surface area contributed by atoms with Gasteiger partial charge in [0.15, 0.2) is 12.4 Å². The van der Waals surface area contributed by atoms with Gasteiger partial charge in [-0.15, -0.1) is 0 Å². The summed E-state index contributed by atoms with van der Waals surface area (Å²) < 4.78 is 49.5. The molecular formula is C15H14F3N3O3. The van der Waals surface area contributed by atoms with Crippen LogP contribution in [0.2, 0.25) is 0 Å². The van der Waals surface area contributed by atoms with Crippen LogP contribution in [-0.2, 0) is 17.5 Å². The van der Waals surface area contributed by atoms with Gasteiger partial charge in [-0.25, -0.2) is 0 Å². The number of aromatic nitrogens is 1. The highest BCUT2D eigenvalue weighted by Crippen LogP contribution is 2.42. The summed E-state index contributed by atoms with van der Waals surface area (Å²) >= 11 is 0. The normalized spacial score (nSPS) is 14.0. The van der Waals surface area contributed by atoms with E-state index < -0.39 is 17.6 Å². The zero-order valence-electron chi connectivity index (χ0n) is 12.9. The highest BCUT2D eigenvalue weighted by atomic mass is 19.4. The number of hydrogen-bond acceptors (Lipinski definition) is 5. The van der Waals surface area contributed by atoms with Gasteiger partial charge >= 0.3 is 6.18 Å². The number of benzene rings is 1. The number of hydrogen-bond donors (Lipinski definition) is 2. The summed E-state index contributed by atoms with van der Waals surface area (Å²) in [5.41, 5.74) is 0.645. The van der Waals surface area contributed by atoms with Gasteiger partial charge in [-0.3, -0.25) is 4.79 Å². The van der Waals surface area contributed by atoms with E-state index in [1.165, 1.54) is 0 Å². The van der Waals surface area contributed by atoms with Crippen LogP contribution >= 0.6 is 0 Å². The lowest BCUT2D eigenvalue weighted by Gasteiger charge is -2.23. The zero-order valence-corrected chi connectivity index (χ0v) is 12.9. The first-order chi connectivity index (χ1) is 11.3. The van der Waals surface area contributed by atoms with Crippen LogP contribution in [0.3, 0.4) is 0 Å². The summed E-state index contributed by atoms with van der Waals surface area (Å²) in [5, 5.41) is 9.10. The molecule has 0 saturated heterocycles. The van der Waals surface area contributed by atoms with E-state index in [0.29, 0.717) is 11.5 Å². The highest BCUT2D eigenvalue weighted by molar-refractivity contribution is 5.97. The van der Waals surface area contributed by atoms with Gasteiger partial charge in [0.25, 0.3) is 5.91 Å². The first kappa shape index (κ1) is 16.2. The van der Waals surface area contributed by atoms with Gasteiger partial charge in [-0.05, 0) is 26.0 Å². The molecule has 1 aliphatic heterocycles. The van der Waals surface area contributed by atoms with Crippen LogP contribution in [0.15, 0.2) is 16.7 Å². The topological polar surface area (TPSA) is 76.4 Å². The quantitative estimate of drug-likeness (QED) is 0.896. The van der Waals surface area contributed by atoms with Crippen molar-refractivity contribution in [3.63, 3.8) is 0 Å². The van der Waals surface area contributed by atoms with E-state index in [9.17, 15) is 18.0 Å². The molecule has 6 nitrogen and oxygen atoms in total. The Bertz CT molecular complexity index is 780. The lowest BCUT2D eigenvalue weighted by molar-refractivity contribution is -0.137. The molecule has 2 aromatic rings. The molecule has 0 fully saturated rings. The van der Waals surface area contributed by atoms with Gasteiger partial charge in [0.1, 0.15) is 5.76 Å². The molecule has 128 valence electrons. The number of nitrogens with one attached hydrogen (secondary N) is 2. The lowest BCUT2D eigenvalue weighted by Crippen LogP contribution is -2.26. The largest absolute Gasteiger partial charge is 0.479 e. The number of nitrogens with zero attached hydrogens (tertiary/aromatic N) is 1. The number of ether oxygens (including phenoxy) is 1. The van der Waals surface area contributed by atoms with E-state index >= 15 is 0 Å². The number of halogens is 3. The molecule has 24 heavy (non-hydrogen) atoms. The first-order valence-electron chi connectivity index (χ1n) is 7.09. The van der Waals surface area contributed by atoms with Crippen molar-refractivity contribution in [2.24, 2.45) is 0 Å². The molecular weight excluding hydrogens is 327 g/mol. The molecule has 9 heteroatoms. The minimum atomic E-state index is -4.54.